The number of nitrogens with one attached hydrogen (secondary N) is 1. The molecule has 8 heteroatoms. The molecule has 0 unspecified atom stereocenters. The van der Waals surface area contributed by atoms with Gasteiger partial charge in [-0.1, -0.05) is 0 Å². The number of carbonyl (C=O) groups excluding carboxylic acids is 3. The monoisotopic (exact) mass is 333 g/mol. The van der Waals surface area contributed by atoms with E-state index >= 15 is 0 Å². The van der Waals surface area contributed by atoms with Gasteiger partial charge in [0, 0.05) is 18.7 Å². The number of amides is 4. The molecule has 24 heavy (non-hydrogen) atoms. The molecule has 0 aromatic heterocycles. The maximum Gasteiger partial charge on any atom is 0.324 e. The van der Waals surface area contributed by atoms with Crippen LogP contribution in [0.2, 0.25) is 0 Å². The molecule has 2 fully saturated rings. The molecule has 0 radical (unpaired) electrons. The molecule has 0 spiro atoms. The van der Waals surface area contributed by atoms with E-state index in [1.165, 1.54) is 19.1 Å². The molecule has 2 saturated heterocycles. The summed E-state index contributed by atoms with van der Waals surface area (Å²) < 4.78 is 10.4. The van der Waals surface area contributed by atoms with E-state index in [4.69, 9.17) is 9.47 Å². The number of ether oxygens (including phenoxy) is 2. The normalized spacial score (nSPS) is 20.3. The van der Waals surface area contributed by atoms with Crippen LogP contribution in [0.5, 0.6) is 11.5 Å². The molecule has 2 aliphatic rings. The summed E-state index contributed by atoms with van der Waals surface area (Å²) in [6, 6.07) is 4.32. The van der Waals surface area contributed by atoms with Crippen LogP contribution in [0, 0.1) is 0 Å². The first-order valence-electron chi connectivity index (χ1n) is 7.66. The van der Waals surface area contributed by atoms with Gasteiger partial charge in [0.2, 0.25) is 5.91 Å². The lowest BCUT2D eigenvalue weighted by Gasteiger charge is -2.21. The van der Waals surface area contributed by atoms with E-state index in [2.05, 4.69) is 5.32 Å². The predicted molar refractivity (Wildman–Crippen MR) is 84.1 cm³/mol. The Balaban J connectivity index is 1.73. The van der Waals surface area contributed by atoms with E-state index in [0.717, 1.165) is 0 Å². The largest absolute Gasteiger partial charge is 0.493 e. The lowest BCUT2D eigenvalue weighted by molar-refractivity contribution is -0.126. The van der Waals surface area contributed by atoms with Gasteiger partial charge in [0.25, 0.3) is 5.91 Å². The molecule has 1 N–H and O–H groups in total. The number of methoxy groups -OCH3 is 2. The molecule has 1 aromatic rings. The number of hydrogen-bond acceptors (Lipinski definition) is 5. The van der Waals surface area contributed by atoms with Crippen LogP contribution in [0.3, 0.4) is 0 Å². The standard InChI is InChI=1S/C16H19N3O5/c1-23-12-4-3-10(7-13(12)24-2)15(21)18-6-5-11(9-18)19-14(20)8-17-16(19)22/h3-4,7,11H,5-6,8-9H2,1-2H3,(H,17,22)/t11-/m0/s1. The van der Waals surface area contributed by atoms with Crippen LogP contribution in [0.15, 0.2) is 18.2 Å². The molecule has 0 aliphatic carbocycles. The third-order valence-electron chi connectivity index (χ3n) is 4.32. The van der Waals surface area contributed by atoms with Crippen molar-refractivity contribution in [2.45, 2.75) is 12.5 Å². The Bertz CT molecular complexity index is 674. The smallest absolute Gasteiger partial charge is 0.324 e. The number of urea groups is 1. The zero-order valence-corrected chi connectivity index (χ0v) is 13.6. The van der Waals surface area contributed by atoms with Crippen molar-refractivity contribution in [2.24, 2.45) is 0 Å². The minimum atomic E-state index is -0.384. The highest BCUT2D eigenvalue weighted by Gasteiger charge is 2.39. The molecular weight excluding hydrogens is 314 g/mol. The lowest BCUT2D eigenvalue weighted by Crippen LogP contribution is -2.42. The fraction of sp³-hybridized carbons (Fsp3) is 0.438. The zero-order chi connectivity index (χ0) is 17.3. The highest BCUT2D eigenvalue weighted by molar-refractivity contribution is 6.02. The maximum absolute atomic E-state index is 12.7. The van der Waals surface area contributed by atoms with Gasteiger partial charge in [0.1, 0.15) is 0 Å². The van der Waals surface area contributed by atoms with Crippen molar-refractivity contribution in [3.8, 4) is 11.5 Å². The number of rotatable bonds is 4. The van der Waals surface area contributed by atoms with Crippen molar-refractivity contribution < 1.29 is 23.9 Å². The average molecular weight is 333 g/mol. The minimum Gasteiger partial charge on any atom is -0.493 e. The van der Waals surface area contributed by atoms with Crippen LogP contribution in [0.4, 0.5) is 4.79 Å². The summed E-state index contributed by atoms with van der Waals surface area (Å²) in [7, 11) is 3.04. The Hall–Kier alpha value is -2.77. The second kappa shape index (κ2) is 6.38. The SMILES string of the molecule is COc1ccc(C(=O)N2CC[C@H](N3C(=O)CNC3=O)C2)cc1OC. The molecule has 1 atom stereocenters. The van der Waals surface area contributed by atoms with Crippen LogP contribution >= 0.6 is 0 Å². The first-order chi connectivity index (χ1) is 11.5. The second-order valence-corrected chi connectivity index (χ2v) is 5.69. The number of benzene rings is 1. The topological polar surface area (TPSA) is 88.2 Å². The molecule has 1 aromatic carbocycles. The maximum atomic E-state index is 12.7. The summed E-state index contributed by atoms with van der Waals surface area (Å²) in [5.41, 5.74) is 0.477. The highest BCUT2D eigenvalue weighted by atomic mass is 16.5. The summed E-state index contributed by atoms with van der Waals surface area (Å²) in [5.74, 6) is 0.622. The number of carbonyl (C=O) groups is 3. The minimum absolute atomic E-state index is 0.0267. The second-order valence-electron chi connectivity index (χ2n) is 5.69. The molecule has 4 amide bonds. The molecule has 128 valence electrons. The van der Waals surface area contributed by atoms with E-state index in [0.29, 0.717) is 36.6 Å². The Labute approximate surface area is 139 Å². The van der Waals surface area contributed by atoms with E-state index in [9.17, 15) is 14.4 Å². The van der Waals surface area contributed by atoms with Gasteiger partial charge in [-0.05, 0) is 24.6 Å². The lowest BCUT2D eigenvalue weighted by atomic mass is 10.1. The summed E-state index contributed by atoms with van der Waals surface area (Å²) in [4.78, 5) is 39.0. The first kappa shape index (κ1) is 16.1. The van der Waals surface area contributed by atoms with Crippen molar-refractivity contribution in [1.82, 2.24) is 15.1 Å². The third-order valence-corrected chi connectivity index (χ3v) is 4.32. The molecule has 2 aliphatic heterocycles. The van der Waals surface area contributed by atoms with Crippen molar-refractivity contribution in [3.05, 3.63) is 23.8 Å². The Morgan fingerprint density at radius 1 is 1.21 bits per heavy atom. The van der Waals surface area contributed by atoms with E-state index in [1.807, 2.05) is 0 Å². The quantitative estimate of drug-likeness (QED) is 0.809. The van der Waals surface area contributed by atoms with Crippen LogP contribution in [-0.4, -0.2) is 67.5 Å². The van der Waals surface area contributed by atoms with Crippen molar-refractivity contribution in [3.63, 3.8) is 0 Å². The van der Waals surface area contributed by atoms with Gasteiger partial charge in [-0.15, -0.1) is 0 Å². The van der Waals surface area contributed by atoms with E-state index < -0.39 is 0 Å². The molecule has 0 bridgehead atoms. The Kier molecular flexibility index (Phi) is 4.28. The molecule has 8 nitrogen and oxygen atoms in total. The van der Waals surface area contributed by atoms with Gasteiger partial charge in [-0.25, -0.2) is 4.79 Å². The zero-order valence-electron chi connectivity index (χ0n) is 13.6. The van der Waals surface area contributed by atoms with Crippen LogP contribution in [-0.2, 0) is 4.79 Å². The summed E-state index contributed by atoms with van der Waals surface area (Å²) in [5, 5.41) is 2.50. The summed E-state index contributed by atoms with van der Waals surface area (Å²) in [6.07, 6.45) is 0.582. The fourth-order valence-electron chi connectivity index (χ4n) is 3.09. The third kappa shape index (κ3) is 2.75. The number of imide groups is 1. The van der Waals surface area contributed by atoms with Crippen LogP contribution < -0.4 is 14.8 Å². The average Bonchev–Trinajstić information content (AvgIpc) is 3.20. The summed E-state index contributed by atoms with van der Waals surface area (Å²) >= 11 is 0. The number of nitrogens with zero attached hydrogens (tertiary/aromatic N) is 2. The van der Waals surface area contributed by atoms with E-state index in [-0.39, 0.29) is 30.4 Å². The molecule has 3 rings (SSSR count). The predicted octanol–water partition coefficient (Wildman–Crippen LogP) is 0.470. The van der Waals surface area contributed by atoms with Crippen molar-refractivity contribution in [1.29, 1.82) is 0 Å². The van der Waals surface area contributed by atoms with Crippen molar-refractivity contribution >= 4 is 17.8 Å². The first-order valence-corrected chi connectivity index (χ1v) is 7.66. The van der Waals surface area contributed by atoms with Gasteiger partial charge in [0.05, 0.1) is 26.8 Å². The number of hydrogen-bond donors (Lipinski definition) is 1. The molecular formula is C16H19N3O5. The molecule has 0 saturated carbocycles. The summed E-state index contributed by atoms with van der Waals surface area (Å²) in [6.45, 7) is 0.861. The van der Waals surface area contributed by atoms with Gasteiger partial charge in [0.15, 0.2) is 11.5 Å². The van der Waals surface area contributed by atoms with Crippen LogP contribution in [0.25, 0.3) is 0 Å². The van der Waals surface area contributed by atoms with Crippen molar-refractivity contribution in [2.75, 3.05) is 33.9 Å². The highest BCUT2D eigenvalue weighted by Crippen LogP contribution is 2.29. The van der Waals surface area contributed by atoms with Gasteiger partial charge in [-0.2, -0.15) is 0 Å². The Morgan fingerprint density at radius 3 is 2.58 bits per heavy atom. The fourth-order valence-corrected chi connectivity index (χ4v) is 3.09. The van der Waals surface area contributed by atoms with Gasteiger partial charge in [-0.3, -0.25) is 14.5 Å². The van der Waals surface area contributed by atoms with Crippen LogP contribution in [0.1, 0.15) is 16.8 Å². The van der Waals surface area contributed by atoms with E-state index in [1.54, 1.807) is 23.1 Å². The Morgan fingerprint density at radius 2 is 1.96 bits per heavy atom. The number of likely N-dealkylation sites (tertiary alicyclic amines) is 1. The van der Waals surface area contributed by atoms with Gasteiger partial charge >= 0.3 is 6.03 Å². The molecule has 2 heterocycles. The van der Waals surface area contributed by atoms with Gasteiger partial charge < -0.3 is 19.7 Å².